The summed E-state index contributed by atoms with van der Waals surface area (Å²) in [5.41, 5.74) is 3.93. The van der Waals surface area contributed by atoms with Crippen molar-refractivity contribution in [1.82, 2.24) is 19.9 Å². The largest absolute Gasteiger partial charge is 2.00 e. The first-order valence-corrected chi connectivity index (χ1v) is 9.12. The van der Waals surface area contributed by atoms with E-state index in [0.29, 0.717) is 0 Å². The van der Waals surface area contributed by atoms with Gasteiger partial charge in [-0.25, -0.2) is 0 Å². The summed E-state index contributed by atoms with van der Waals surface area (Å²) >= 11 is 3.14. The summed E-state index contributed by atoms with van der Waals surface area (Å²) in [5, 5.41) is 1.71. The summed E-state index contributed by atoms with van der Waals surface area (Å²) in [7, 11) is 0. The fourth-order valence-corrected chi connectivity index (χ4v) is 2.71. The average Bonchev–Trinajstić information content (AvgIpc) is 3.18. The van der Waals surface area contributed by atoms with Gasteiger partial charge in [0.15, 0.2) is 0 Å². The van der Waals surface area contributed by atoms with Gasteiger partial charge in [0.05, 0.1) is 0 Å². The molecule has 0 aliphatic heterocycles. The predicted octanol–water partition coefficient (Wildman–Crippen LogP) is 3.83. The first-order valence-electron chi connectivity index (χ1n) is 6.67. The van der Waals surface area contributed by atoms with E-state index in [4.69, 9.17) is 0 Å². The zero-order valence-corrected chi connectivity index (χ0v) is 17.5. The number of hydrogen-bond donors (Lipinski definition) is 0. The van der Waals surface area contributed by atoms with E-state index in [1.54, 1.807) is 23.5 Å². The minimum atomic E-state index is 0. The molecule has 2 heterocycles. The molecule has 0 aliphatic carbocycles. The van der Waals surface area contributed by atoms with E-state index in [2.05, 4.69) is 19.9 Å². The fraction of sp³-hybridized carbons (Fsp3) is 0.125. The van der Waals surface area contributed by atoms with E-state index >= 15 is 0 Å². The summed E-state index contributed by atoms with van der Waals surface area (Å²) in [6.07, 6.45) is 3.96. The van der Waals surface area contributed by atoms with Crippen LogP contribution in [0.2, 0.25) is 0 Å². The first kappa shape index (κ1) is 18.0. The Morgan fingerprint density at radius 2 is 1.09 bits per heavy atom. The Labute approximate surface area is 156 Å². The molecule has 0 unspecified atom stereocenters. The van der Waals surface area contributed by atoms with Gasteiger partial charge in [-0.2, -0.15) is 0 Å². The number of imidazole rings is 2. The van der Waals surface area contributed by atoms with E-state index in [9.17, 15) is 0 Å². The predicted molar refractivity (Wildman–Crippen MR) is 93.7 cm³/mol. The van der Waals surface area contributed by atoms with Crippen LogP contribution in [0.25, 0.3) is 22.1 Å². The Morgan fingerprint density at radius 3 is 1.43 bits per heavy atom. The van der Waals surface area contributed by atoms with E-state index < -0.39 is 0 Å². The van der Waals surface area contributed by atoms with Crippen LogP contribution < -0.4 is 9.97 Å². The van der Waals surface area contributed by atoms with Crippen LogP contribution in [0.4, 0.5) is 0 Å². The molecule has 0 saturated carbocycles. The van der Waals surface area contributed by atoms with Gasteiger partial charge in [0, 0.05) is 0 Å². The molecule has 0 radical (unpaired) electrons. The first-order chi connectivity index (χ1) is 10.8. The molecular weight excluding hydrogens is 378 g/mol. The van der Waals surface area contributed by atoms with Gasteiger partial charge in [-0.3, -0.25) is 0 Å². The van der Waals surface area contributed by atoms with Crippen molar-refractivity contribution < 1.29 is 19.5 Å². The Kier molecular flexibility index (Phi) is 6.69. The summed E-state index contributed by atoms with van der Waals surface area (Å²) in [5.74, 6) is 0. The minimum absolute atomic E-state index is 0. The second-order valence-corrected chi connectivity index (χ2v) is 5.94. The molecule has 2 aromatic heterocycles. The molecule has 2 aromatic carbocycles. The van der Waals surface area contributed by atoms with Gasteiger partial charge < -0.3 is 19.9 Å². The fourth-order valence-electron chi connectivity index (χ4n) is 1.95. The molecule has 0 spiro atoms. The normalized spacial score (nSPS) is 10.2. The number of thioether (sulfide) groups is 2. The van der Waals surface area contributed by atoms with Gasteiger partial charge >= 0.3 is 19.5 Å². The SMILES string of the molecule is CSc1nc2ccccc2[n-]1.CSc1nc2ccccc2[n-]1.[Zn+2]. The van der Waals surface area contributed by atoms with Crippen molar-refractivity contribution in [2.75, 3.05) is 12.5 Å². The second-order valence-electron chi connectivity index (χ2n) is 4.40. The van der Waals surface area contributed by atoms with Crippen LogP contribution in [0, 0.1) is 0 Å². The van der Waals surface area contributed by atoms with Crippen LogP contribution in [0.1, 0.15) is 0 Å². The van der Waals surface area contributed by atoms with Gasteiger partial charge in [0.2, 0.25) is 0 Å². The molecule has 7 heteroatoms. The van der Waals surface area contributed by atoms with Crippen molar-refractivity contribution in [3.05, 3.63) is 48.5 Å². The number of nitrogens with zero attached hydrogens (tertiary/aromatic N) is 4. The molecule has 4 rings (SSSR count). The summed E-state index contributed by atoms with van der Waals surface area (Å²) < 4.78 is 0. The van der Waals surface area contributed by atoms with Gasteiger partial charge in [0.25, 0.3) is 0 Å². The number of fused-ring (bicyclic) bond motifs is 2. The second kappa shape index (κ2) is 8.53. The maximum Gasteiger partial charge on any atom is 2.00 e. The number of hydrogen-bond acceptors (Lipinski definition) is 4. The third-order valence-electron chi connectivity index (χ3n) is 2.99. The number of benzene rings is 2. The standard InChI is InChI=1S/2C8H7N2S.Zn/c2*1-11-8-9-6-4-2-3-5-7(6)10-8;/h2*2-5H,1H3;/q2*-1;+2. The molecule has 4 aromatic rings. The van der Waals surface area contributed by atoms with Crippen molar-refractivity contribution in [3.8, 4) is 0 Å². The molecule has 112 valence electrons. The van der Waals surface area contributed by atoms with Crippen LogP contribution in [0.15, 0.2) is 58.8 Å². The Balaban J connectivity index is 0.000000160. The maximum absolute atomic E-state index is 4.28. The molecule has 0 fully saturated rings. The van der Waals surface area contributed by atoms with Gasteiger partial charge in [0.1, 0.15) is 0 Å². The monoisotopic (exact) mass is 390 g/mol. The summed E-state index contributed by atoms with van der Waals surface area (Å²) in [6, 6.07) is 15.8. The van der Waals surface area contributed by atoms with E-state index in [1.807, 2.05) is 61.0 Å². The molecule has 0 aliphatic rings. The molecular formula is C16H14N4S2Zn. The Morgan fingerprint density at radius 1 is 0.696 bits per heavy atom. The van der Waals surface area contributed by atoms with Crippen LogP contribution in [-0.4, -0.2) is 22.5 Å². The van der Waals surface area contributed by atoms with Crippen molar-refractivity contribution in [3.63, 3.8) is 0 Å². The minimum Gasteiger partial charge on any atom is -0.430 e. The smallest absolute Gasteiger partial charge is 0.430 e. The Hall–Kier alpha value is -1.30. The van der Waals surface area contributed by atoms with Crippen molar-refractivity contribution in [2.45, 2.75) is 10.3 Å². The van der Waals surface area contributed by atoms with Crippen LogP contribution >= 0.6 is 23.5 Å². The Bertz CT molecular complexity index is 748. The van der Waals surface area contributed by atoms with Crippen molar-refractivity contribution >= 4 is 45.6 Å². The quantitative estimate of drug-likeness (QED) is 0.382. The van der Waals surface area contributed by atoms with Gasteiger partial charge in [-0.15, -0.1) is 23.5 Å². The van der Waals surface area contributed by atoms with E-state index in [-0.39, 0.29) is 19.5 Å². The number of aromatic nitrogens is 4. The van der Waals surface area contributed by atoms with E-state index in [1.165, 1.54) is 0 Å². The summed E-state index contributed by atoms with van der Waals surface area (Å²) in [4.78, 5) is 17.1. The average molecular weight is 392 g/mol. The van der Waals surface area contributed by atoms with Crippen LogP contribution in [-0.2, 0) is 19.5 Å². The zero-order chi connectivity index (χ0) is 15.4. The molecule has 0 atom stereocenters. The van der Waals surface area contributed by atoms with Gasteiger partial charge in [-0.1, -0.05) is 48.5 Å². The van der Waals surface area contributed by atoms with Crippen LogP contribution in [0.3, 0.4) is 0 Å². The zero-order valence-electron chi connectivity index (χ0n) is 12.9. The molecule has 0 N–H and O–H groups in total. The maximum atomic E-state index is 4.28. The summed E-state index contributed by atoms with van der Waals surface area (Å²) in [6.45, 7) is 0. The van der Waals surface area contributed by atoms with Crippen LogP contribution in [0.5, 0.6) is 0 Å². The van der Waals surface area contributed by atoms with Crippen molar-refractivity contribution in [1.29, 1.82) is 0 Å². The molecule has 4 nitrogen and oxygen atoms in total. The molecule has 0 amide bonds. The topological polar surface area (TPSA) is 54.0 Å². The molecule has 0 saturated heterocycles. The van der Waals surface area contributed by atoms with Gasteiger partial charge in [-0.05, 0) is 44.9 Å². The molecule has 23 heavy (non-hydrogen) atoms. The number of para-hydroxylation sites is 4. The number of rotatable bonds is 2. The third kappa shape index (κ3) is 4.37. The van der Waals surface area contributed by atoms with E-state index in [0.717, 1.165) is 32.4 Å². The molecule has 0 bridgehead atoms. The third-order valence-corrected chi connectivity index (χ3v) is 4.09. The van der Waals surface area contributed by atoms with Crippen molar-refractivity contribution in [2.24, 2.45) is 0 Å².